The third-order valence-electron chi connectivity index (χ3n) is 3.35. The van der Waals surface area contributed by atoms with Gasteiger partial charge in [0.2, 0.25) is 0 Å². The Hall–Kier alpha value is -2.43. The van der Waals surface area contributed by atoms with Gasteiger partial charge in [0.15, 0.2) is 0 Å². The van der Waals surface area contributed by atoms with E-state index < -0.39 is 0 Å². The molecule has 5 heteroatoms. The van der Waals surface area contributed by atoms with E-state index in [2.05, 4.69) is 4.99 Å². The van der Waals surface area contributed by atoms with E-state index in [0.717, 1.165) is 24.4 Å². The highest BCUT2D eigenvalue weighted by Gasteiger charge is 2.28. The van der Waals surface area contributed by atoms with Crippen LogP contribution in [0.4, 0.5) is 0 Å². The molecule has 0 spiro atoms. The van der Waals surface area contributed by atoms with Gasteiger partial charge in [0.1, 0.15) is 5.84 Å². The highest BCUT2D eigenvalue weighted by Crippen LogP contribution is 2.30. The van der Waals surface area contributed by atoms with Gasteiger partial charge in [0, 0.05) is 12.6 Å². The predicted molar refractivity (Wildman–Crippen MR) is 72.2 cm³/mol. The number of allylic oxidation sites excluding steroid dienone is 1. The number of nitrogens with zero attached hydrogens (tertiary/aromatic N) is 3. The fourth-order valence-corrected chi connectivity index (χ4v) is 2.43. The fraction of sp³-hybridized carbons (Fsp3) is 0.214. The molecule has 0 radical (unpaired) electrons. The molecule has 96 valence electrons. The van der Waals surface area contributed by atoms with Crippen molar-refractivity contribution in [2.75, 3.05) is 6.54 Å². The van der Waals surface area contributed by atoms with Crippen LogP contribution in [0.15, 0.2) is 59.4 Å². The molecule has 2 heterocycles. The van der Waals surface area contributed by atoms with Crippen molar-refractivity contribution < 1.29 is 4.92 Å². The average Bonchev–Trinajstić information content (AvgIpc) is 2.47. The van der Waals surface area contributed by atoms with E-state index in [9.17, 15) is 10.1 Å². The second-order valence-corrected chi connectivity index (χ2v) is 4.51. The van der Waals surface area contributed by atoms with Gasteiger partial charge in [0.25, 0.3) is 5.70 Å². The van der Waals surface area contributed by atoms with Crippen LogP contribution >= 0.6 is 0 Å². The maximum atomic E-state index is 10.9. The van der Waals surface area contributed by atoms with Crippen molar-refractivity contribution in [2.45, 2.75) is 12.5 Å². The third-order valence-corrected chi connectivity index (χ3v) is 3.35. The minimum atomic E-state index is -0.371. The van der Waals surface area contributed by atoms with Gasteiger partial charge in [-0.05, 0) is 18.1 Å². The van der Waals surface area contributed by atoms with Gasteiger partial charge in [0.05, 0.1) is 17.2 Å². The van der Waals surface area contributed by atoms with E-state index in [1.165, 1.54) is 6.08 Å². The van der Waals surface area contributed by atoms with E-state index in [4.69, 9.17) is 0 Å². The summed E-state index contributed by atoms with van der Waals surface area (Å²) in [5.74, 6) is 0.797. The van der Waals surface area contributed by atoms with Gasteiger partial charge in [-0.25, -0.2) is 0 Å². The first-order chi connectivity index (χ1) is 9.25. The molecule has 1 aromatic rings. The Labute approximate surface area is 110 Å². The number of rotatable bonds is 2. The number of aliphatic imine (C=N–C) groups is 1. The largest absolute Gasteiger partial charge is 0.319 e. The average molecular weight is 255 g/mol. The van der Waals surface area contributed by atoms with Gasteiger partial charge in [-0.1, -0.05) is 30.3 Å². The molecule has 0 amide bonds. The quantitative estimate of drug-likeness (QED) is 0.602. The molecule has 3 rings (SSSR count). The Morgan fingerprint density at radius 1 is 1.26 bits per heavy atom. The van der Waals surface area contributed by atoms with Crippen LogP contribution in [0.25, 0.3) is 0 Å². The summed E-state index contributed by atoms with van der Waals surface area (Å²) >= 11 is 0. The number of fused-ring (bicyclic) bond motifs is 1. The van der Waals surface area contributed by atoms with Crippen LogP contribution < -0.4 is 0 Å². The molecule has 2 aliphatic rings. The van der Waals surface area contributed by atoms with Crippen LogP contribution in [0.3, 0.4) is 0 Å². The SMILES string of the molecule is O=[N+]([O-])C1=CN2C(=NCCC2c2ccccc2)C=C1. The summed E-state index contributed by atoms with van der Waals surface area (Å²) in [5.41, 5.74) is 1.26. The maximum absolute atomic E-state index is 10.9. The maximum Gasteiger partial charge on any atom is 0.285 e. The van der Waals surface area contributed by atoms with Gasteiger partial charge in [-0.15, -0.1) is 0 Å². The Balaban J connectivity index is 1.98. The Morgan fingerprint density at radius 3 is 2.79 bits per heavy atom. The van der Waals surface area contributed by atoms with Crippen molar-refractivity contribution in [3.05, 3.63) is 70.1 Å². The first-order valence-corrected chi connectivity index (χ1v) is 6.18. The second kappa shape index (κ2) is 4.68. The molecule has 0 saturated heterocycles. The topological polar surface area (TPSA) is 58.7 Å². The molecule has 0 N–H and O–H groups in total. The zero-order valence-corrected chi connectivity index (χ0v) is 10.3. The lowest BCUT2D eigenvalue weighted by Gasteiger charge is -2.34. The lowest BCUT2D eigenvalue weighted by molar-refractivity contribution is -0.420. The summed E-state index contributed by atoms with van der Waals surface area (Å²) < 4.78 is 0. The minimum absolute atomic E-state index is 0.0989. The van der Waals surface area contributed by atoms with Crippen molar-refractivity contribution in [3.8, 4) is 0 Å². The second-order valence-electron chi connectivity index (χ2n) is 4.51. The summed E-state index contributed by atoms with van der Waals surface area (Å²) in [6.45, 7) is 0.747. The van der Waals surface area contributed by atoms with Crippen LogP contribution in [-0.2, 0) is 0 Å². The summed E-state index contributed by atoms with van der Waals surface area (Å²) in [6.07, 6.45) is 5.66. The van der Waals surface area contributed by atoms with Crippen LogP contribution in [0, 0.1) is 10.1 Å². The smallest absolute Gasteiger partial charge is 0.285 e. The lowest BCUT2D eigenvalue weighted by atomic mass is 9.99. The predicted octanol–water partition coefficient (Wildman–Crippen LogP) is 2.52. The molecule has 5 nitrogen and oxygen atoms in total. The van der Waals surface area contributed by atoms with Crippen molar-refractivity contribution in [3.63, 3.8) is 0 Å². The number of hydrogen-bond acceptors (Lipinski definition) is 4. The molecule has 2 aliphatic heterocycles. The molecule has 0 aromatic heterocycles. The van der Waals surface area contributed by atoms with E-state index in [1.54, 1.807) is 12.3 Å². The summed E-state index contributed by atoms with van der Waals surface area (Å²) in [7, 11) is 0. The summed E-state index contributed by atoms with van der Waals surface area (Å²) in [5, 5.41) is 10.9. The number of benzene rings is 1. The van der Waals surface area contributed by atoms with Gasteiger partial charge in [-0.2, -0.15) is 0 Å². The Bertz CT molecular complexity index is 590. The highest BCUT2D eigenvalue weighted by atomic mass is 16.6. The summed E-state index contributed by atoms with van der Waals surface area (Å²) in [4.78, 5) is 16.8. The van der Waals surface area contributed by atoms with Crippen LogP contribution in [0.5, 0.6) is 0 Å². The van der Waals surface area contributed by atoms with Crippen molar-refractivity contribution in [1.82, 2.24) is 4.90 Å². The Morgan fingerprint density at radius 2 is 2.05 bits per heavy atom. The van der Waals surface area contributed by atoms with E-state index in [1.807, 2.05) is 35.2 Å². The van der Waals surface area contributed by atoms with E-state index in [0.29, 0.717) is 0 Å². The van der Waals surface area contributed by atoms with Crippen LogP contribution in [0.1, 0.15) is 18.0 Å². The first-order valence-electron chi connectivity index (χ1n) is 6.18. The Kier molecular flexibility index (Phi) is 2.87. The monoisotopic (exact) mass is 255 g/mol. The number of hydrogen-bond donors (Lipinski definition) is 0. The zero-order chi connectivity index (χ0) is 13.2. The standard InChI is InChI=1S/C14H13N3O2/c18-17(19)12-6-7-14-15-9-8-13(16(14)10-12)11-4-2-1-3-5-11/h1-7,10,13H,8-9H2. The molecule has 19 heavy (non-hydrogen) atoms. The molecule has 0 bridgehead atoms. The lowest BCUT2D eigenvalue weighted by Crippen LogP contribution is -2.35. The zero-order valence-electron chi connectivity index (χ0n) is 10.3. The van der Waals surface area contributed by atoms with Gasteiger partial charge >= 0.3 is 0 Å². The highest BCUT2D eigenvalue weighted by molar-refractivity contribution is 5.95. The van der Waals surface area contributed by atoms with E-state index >= 15 is 0 Å². The molecule has 0 saturated carbocycles. The molecule has 0 aliphatic carbocycles. The van der Waals surface area contributed by atoms with Crippen molar-refractivity contribution >= 4 is 5.84 Å². The summed E-state index contributed by atoms with van der Waals surface area (Å²) in [6, 6.07) is 10.2. The minimum Gasteiger partial charge on any atom is -0.319 e. The molecule has 1 aromatic carbocycles. The van der Waals surface area contributed by atoms with E-state index in [-0.39, 0.29) is 16.7 Å². The van der Waals surface area contributed by atoms with Crippen LogP contribution in [-0.4, -0.2) is 22.2 Å². The van der Waals surface area contributed by atoms with Crippen molar-refractivity contribution in [1.29, 1.82) is 0 Å². The molecule has 1 unspecified atom stereocenters. The van der Waals surface area contributed by atoms with Crippen molar-refractivity contribution in [2.24, 2.45) is 4.99 Å². The molecular formula is C14H13N3O2. The number of amidine groups is 1. The van der Waals surface area contributed by atoms with Crippen LogP contribution in [0.2, 0.25) is 0 Å². The molecule has 1 atom stereocenters. The fourth-order valence-electron chi connectivity index (χ4n) is 2.43. The first kappa shape index (κ1) is 11.6. The van der Waals surface area contributed by atoms with Gasteiger partial charge < -0.3 is 4.90 Å². The number of nitro groups is 1. The molecular weight excluding hydrogens is 242 g/mol. The third kappa shape index (κ3) is 2.14. The molecule has 0 fully saturated rings. The van der Waals surface area contributed by atoms with Gasteiger partial charge in [-0.3, -0.25) is 15.1 Å². The normalized spacial score (nSPS) is 21.5.